The summed E-state index contributed by atoms with van der Waals surface area (Å²) in [5.41, 5.74) is 0. The Hall–Kier alpha value is -1.18. The van der Waals surface area contributed by atoms with E-state index in [4.69, 9.17) is 18.5 Å². The van der Waals surface area contributed by atoms with Crippen LogP contribution in [0.2, 0.25) is 0 Å². The first-order valence-corrected chi connectivity index (χ1v) is 23.6. The van der Waals surface area contributed by atoms with Crippen LogP contribution < -0.4 is 0 Å². The Labute approximate surface area is 328 Å². The molecule has 53 heavy (non-hydrogen) atoms. The summed E-state index contributed by atoms with van der Waals surface area (Å²) in [6.07, 6.45) is 43.2. The van der Waals surface area contributed by atoms with Gasteiger partial charge in [-0.1, -0.05) is 174 Å². The van der Waals surface area contributed by atoms with Gasteiger partial charge in [0.05, 0.1) is 34.0 Å². The molecule has 314 valence electrons. The van der Waals surface area contributed by atoms with Gasteiger partial charge in [-0.3, -0.25) is 13.8 Å². The summed E-state index contributed by atoms with van der Waals surface area (Å²) in [5.74, 6) is -0.383. The molecule has 0 aliphatic carbocycles. The van der Waals surface area contributed by atoms with E-state index in [-0.39, 0.29) is 32.2 Å². The normalized spacial score (nSPS) is 13.9. The Morgan fingerprint density at radius 1 is 0.585 bits per heavy atom. The number of rotatable bonds is 41. The van der Waals surface area contributed by atoms with Crippen molar-refractivity contribution in [3.8, 4) is 0 Å². The minimum Gasteiger partial charge on any atom is -0.498 e. The summed E-state index contributed by atoms with van der Waals surface area (Å²) in [4.78, 5) is 22.8. The lowest BCUT2D eigenvalue weighted by atomic mass is 10.0. The maximum atomic E-state index is 12.6. The lowest BCUT2D eigenvalue weighted by Crippen LogP contribution is -2.37. The highest BCUT2D eigenvalue weighted by Crippen LogP contribution is 2.43. The second kappa shape index (κ2) is 37.7. The SMILES string of the molecule is CCCCCCCCCCCCC/C=C\CCC(=O)OC(CO/C=C/CCCCCCCCCCCCCCCC)COP(=O)(O)OCC[N+](C)(C)C. The average Bonchev–Trinajstić information content (AvgIpc) is 3.11. The molecule has 0 saturated carbocycles. The smallest absolute Gasteiger partial charge is 0.472 e. The first kappa shape index (κ1) is 51.8. The fraction of sp³-hybridized carbons (Fsp3) is 0.886. The molecule has 2 unspecified atom stereocenters. The van der Waals surface area contributed by atoms with Crippen LogP contribution in [0.1, 0.15) is 200 Å². The summed E-state index contributed by atoms with van der Waals surface area (Å²) < 4.78 is 34.7. The molecule has 1 N–H and O–H groups in total. The van der Waals surface area contributed by atoms with Crippen LogP contribution in [0.15, 0.2) is 24.5 Å². The largest absolute Gasteiger partial charge is 0.498 e. The molecule has 8 nitrogen and oxygen atoms in total. The van der Waals surface area contributed by atoms with E-state index < -0.39 is 13.9 Å². The number of nitrogens with zero attached hydrogens (tertiary/aromatic N) is 1. The van der Waals surface area contributed by atoms with Gasteiger partial charge < -0.3 is 18.9 Å². The van der Waals surface area contributed by atoms with Gasteiger partial charge >= 0.3 is 13.8 Å². The number of phosphoric acid groups is 1. The summed E-state index contributed by atoms with van der Waals surface area (Å²) >= 11 is 0. The lowest BCUT2D eigenvalue weighted by molar-refractivity contribution is -0.870. The molecular weight excluding hydrogens is 685 g/mol. The van der Waals surface area contributed by atoms with E-state index in [9.17, 15) is 14.3 Å². The van der Waals surface area contributed by atoms with Crippen molar-refractivity contribution < 1.29 is 37.3 Å². The summed E-state index contributed by atoms with van der Waals surface area (Å²) in [6, 6.07) is 0. The van der Waals surface area contributed by atoms with Gasteiger partial charge in [0.25, 0.3) is 0 Å². The number of ether oxygens (including phenoxy) is 2. The van der Waals surface area contributed by atoms with Crippen molar-refractivity contribution in [1.82, 2.24) is 0 Å². The number of hydrogen-bond acceptors (Lipinski definition) is 6. The van der Waals surface area contributed by atoms with E-state index in [0.717, 1.165) is 19.3 Å². The zero-order chi connectivity index (χ0) is 39.1. The van der Waals surface area contributed by atoms with Crippen molar-refractivity contribution in [3.05, 3.63) is 24.5 Å². The van der Waals surface area contributed by atoms with Crippen LogP contribution in [0.3, 0.4) is 0 Å². The van der Waals surface area contributed by atoms with Gasteiger partial charge in [0.15, 0.2) is 6.10 Å². The third-order valence-electron chi connectivity index (χ3n) is 9.59. The standard InChI is InChI=1S/C44H86NO7P/c1-6-8-10-12-14-16-18-20-22-24-26-28-30-32-34-36-39-49-41-43(42-51-53(47,48)50-40-38-45(3,4)5)52-44(46)37-35-33-31-29-27-25-23-21-19-17-15-13-11-9-7-2/h31,33,36,39,43H,6-30,32,34-35,37-38,40-42H2,1-5H3/p+1/b33-31-,39-36+. The van der Waals surface area contributed by atoms with Crippen molar-refractivity contribution >= 4 is 13.8 Å². The number of likely N-dealkylation sites (N-methyl/N-ethyl adjacent to an activating group) is 1. The van der Waals surface area contributed by atoms with Gasteiger partial charge in [-0.2, -0.15) is 0 Å². The fourth-order valence-electron chi connectivity index (χ4n) is 6.12. The van der Waals surface area contributed by atoms with Crippen LogP contribution in [0.5, 0.6) is 0 Å². The molecule has 0 aromatic heterocycles. The Morgan fingerprint density at radius 2 is 1.00 bits per heavy atom. The van der Waals surface area contributed by atoms with Crippen LogP contribution in [-0.2, 0) is 27.9 Å². The molecule has 0 saturated heterocycles. The van der Waals surface area contributed by atoms with E-state index in [0.29, 0.717) is 17.4 Å². The highest BCUT2D eigenvalue weighted by atomic mass is 31.2. The predicted octanol–water partition coefficient (Wildman–Crippen LogP) is 13.2. The number of quaternary nitrogens is 1. The summed E-state index contributed by atoms with van der Waals surface area (Å²) in [7, 11) is 1.62. The number of allylic oxidation sites excluding steroid dienone is 3. The zero-order valence-corrected chi connectivity index (χ0v) is 36.4. The molecule has 0 aliphatic rings. The number of unbranched alkanes of at least 4 members (excludes halogenated alkanes) is 25. The summed E-state index contributed by atoms with van der Waals surface area (Å²) in [5, 5.41) is 0. The van der Waals surface area contributed by atoms with Crippen LogP contribution in [0.4, 0.5) is 0 Å². The van der Waals surface area contributed by atoms with Gasteiger partial charge in [0.2, 0.25) is 0 Å². The second-order valence-electron chi connectivity index (χ2n) is 16.1. The minimum absolute atomic E-state index is 0.0363. The lowest BCUT2D eigenvalue weighted by Gasteiger charge is -2.24. The highest BCUT2D eigenvalue weighted by Gasteiger charge is 2.26. The van der Waals surface area contributed by atoms with E-state index in [1.807, 2.05) is 33.3 Å². The molecule has 0 rings (SSSR count). The Morgan fingerprint density at radius 3 is 1.45 bits per heavy atom. The Bertz CT molecular complexity index is 905. The van der Waals surface area contributed by atoms with Crippen LogP contribution in [0, 0.1) is 0 Å². The zero-order valence-electron chi connectivity index (χ0n) is 35.5. The molecule has 0 radical (unpaired) electrons. The second-order valence-corrected chi connectivity index (χ2v) is 17.6. The van der Waals surface area contributed by atoms with E-state index in [1.54, 1.807) is 6.26 Å². The number of carbonyl (C=O) groups is 1. The van der Waals surface area contributed by atoms with Crippen molar-refractivity contribution in [3.63, 3.8) is 0 Å². The topological polar surface area (TPSA) is 91.3 Å². The Balaban J connectivity index is 4.31. The van der Waals surface area contributed by atoms with Gasteiger partial charge in [-0.05, 0) is 38.2 Å². The van der Waals surface area contributed by atoms with Gasteiger partial charge in [0.1, 0.15) is 19.8 Å². The molecule has 0 aromatic rings. The van der Waals surface area contributed by atoms with Crippen LogP contribution in [-0.4, -0.2) is 69.0 Å². The number of hydrogen-bond donors (Lipinski definition) is 1. The molecule has 2 atom stereocenters. The average molecular weight is 773 g/mol. The maximum Gasteiger partial charge on any atom is 0.472 e. The first-order valence-electron chi connectivity index (χ1n) is 22.1. The maximum absolute atomic E-state index is 12.6. The monoisotopic (exact) mass is 773 g/mol. The third kappa shape index (κ3) is 41.8. The molecule has 9 heteroatoms. The first-order chi connectivity index (χ1) is 25.6. The summed E-state index contributed by atoms with van der Waals surface area (Å²) in [6.45, 7) is 4.91. The molecule has 0 aliphatic heterocycles. The van der Waals surface area contributed by atoms with E-state index in [1.165, 1.54) is 154 Å². The van der Waals surface area contributed by atoms with Gasteiger partial charge in [-0.25, -0.2) is 4.57 Å². The Kier molecular flexibility index (Phi) is 36.9. The highest BCUT2D eigenvalue weighted by molar-refractivity contribution is 7.47. The molecule has 0 amide bonds. The third-order valence-corrected chi connectivity index (χ3v) is 10.6. The predicted molar refractivity (Wildman–Crippen MR) is 224 cm³/mol. The fourth-order valence-corrected chi connectivity index (χ4v) is 6.87. The molecular formula is C44H87NO7P+. The quantitative estimate of drug-likeness (QED) is 0.0165. The van der Waals surface area contributed by atoms with Gasteiger partial charge in [-0.15, -0.1) is 0 Å². The van der Waals surface area contributed by atoms with Gasteiger partial charge in [0, 0.05) is 6.42 Å². The molecule has 0 aromatic carbocycles. The minimum atomic E-state index is -4.29. The van der Waals surface area contributed by atoms with E-state index >= 15 is 0 Å². The molecule has 0 spiro atoms. The van der Waals surface area contributed by atoms with Crippen LogP contribution in [0.25, 0.3) is 0 Å². The van der Waals surface area contributed by atoms with Crippen molar-refractivity contribution in [2.24, 2.45) is 0 Å². The van der Waals surface area contributed by atoms with Crippen molar-refractivity contribution in [2.75, 3.05) is 47.5 Å². The molecule has 0 heterocycles. The van der Waals surface area contributed by atoms with Crippen LogP contribution >= 0.6 is 7.82 Å². The molecule has 0 bridgehead atoms. The number of phosphoric ester groups is 1. The van der Waals surface area contributed by atoms with Crippen molar-refractivity contribution in [1.29, 1.82) is 0 Å². The van der Waals surface area contributed by atoms with E-state index in [2.05, 4.69) is 19.9 Å². The number of carbonyl (C=O) groups excluding carboxylic acids is 1. The molecule has 0 fully saturated rings. The van der Waals surface area contributed by atoms with Crippen molar-refractivity contribution in [2.45, 2.75) is 206 Å². The number of esters is 1.